The fourth-order valence-corrected chi connectivity index (χ4v) is 2.13. The summed E-state index contributed by atoms with van der Waals surface area (Å²) in [4.78, 5) is 8.49. The van der Waals surface area contributed by atoms with E-state index in [0.29, 0.717) is 17.9 Å². The molecule has 0 atom stereocenters. The van der Waals surface area contributed by atoms with E-state index in [9.17, 15) is 13.2 Å². The lowest BCUT2D eigenvalue weighted by atomic mass is 10.3. The van der Waals surface area contributed by atoms with E-state index in [1.807, 2.05) is 0 Å². The Labute approximate surface area is 119 Å². The number of aromatic amines is 1. The van der Waals surface area contributed by atoms with Gasteiger partial charge in [0.15, 0.2) is 0 Å². The number of aliphatic hydroxyl groups excluding tert-OH is 1. The highest BCUT2D eigenvalue weighted by atomic mass is 19.4. The lowest BCUT2D eigenvalue weighted by molar-refractivity contribution is -0.146. The highest BCUT2D eigenvalue weighted by Gasteiger charge is 2.30. The summed E-state index contributed by atoms with van der Waals surface area (Å²) in [6.07, 6.45) is -3.94. The van der Waals surface area contributed by atoms with Gasteiger partial charge < -0.3 is 15.8 Å². The van der Waals surface area contributed by atoms with Crippen LogP contribution >= 0.6 is 0 Å². The molecule has 0 unspecified atom stereocenters. The molecule has 21 heavy (non-hydrogen) atoms. The number of aromatic nitrogens is 2. The monoisotopic (exact) mass is 302 g/mol. The minimum absolute atomic E-state index is 0.0211. The van der Waals surface area contributed by atoms with Crippen molar-refractivity contribution in [1.29, 1.82) is 0 Å². The molecule has 0 bridgehead atoms. The molecule has 1 aromatic carbocycles. The molecule has 0 saturated heterocycles. The van der Waals surface area contributed by atoms with Crippen LogP contribution in [0.2, 0.25) is 0 Å². The minimum Gasteiger partial charge on any atom is -0.399 e. The summed E-state index contributed by atoms with van der Waals surface area (Å²) in [6.45, 7) is -1.21. The largest absolute Gasteiger partial charge is 0.401 e. The zero-order valence-corrected chi connectivity index (χ0v) is 11.3. The Morgan fingerprint density at radius 3 is 2.71 bits per heavy atom. The van der Waals surface area contributed by atoms with Crippen LogP contribution in [0.4, 0.5) is 18.9 Å². The normalized spacial score (nSPS) is 12.4. The first-order valence-electron chi connectivity index (χ1n) is 6.51. The second-order valence-electron chi connectivity index (χ2n) is 4.83. The summed E-state index contributed by atoms with van der Waals surface area (Å²) >= 11 is 0. The number of alkyl halides is 3. The number of fused-ring (bicyclic) bond motifs is 1. The Hall–Kier alpha value is -1.80. The molecule has 116 valence electrons. The van der Waals surface area contributed by atoms with Crippen molar-refractivity contribution >= 4 is 16.7 Å². The average Bonchev–Trinajstić information content (AvgIpc) is 2.76. The zero-order chi connectivity index (χ0) is 15.5. The first-order valence-corrected chi connectivity index (χ1v) is 6.51. The number of halogens is 3. The smallest absolute Gasteiger partial charge is 0.399 e. The summed E-state index contributed by atoms with van der Waals surface area (Å²) in [5.41, 5.74) is 7.73. The first kappa shape index (κ1) is 15.6. The van der Waals surface area contributed by atoms with Crippen LogP contribution in [0.3, 0.4) is 0 Å². The van der Waals surface area contributed by atoms with Gasteiger partial charge >= 0.3 is 6.18 Å². The summed E-state index contributed by atoms with van der Waals surface area (Å²) in [5.74, 6) is 0.598. The number of hydrogen-bond acceptors (Lipinski definition) is 4. The number of aliphatic hydroxyl groups is 1. The average molecular weight is 302 g/mol. The van der Waals surface area contributed by atoms with Crippen LogP contribution in [-0.4, -0.2) is 52.4 Å². The third-order valence-electron chi connectivity index (χ3n) is 3.04. The van der Waals surface area contributed by atoms with Gasteiger partial charge in [0.25, 0.3) is 0 Å². The standard InChI is InChI=1S/C13H17F3N4O/c14-13(15,16)8-20(5-6-21)4-3-12-18-10-2-1-9(17)7-11(10)19-12/h1-2,7,21H,3-6,8,17H2,(H,18,19). The van der Waals surface area contributed by atoms with Crippen molar-refractivity contribution in [2.24, 2.45) is 0 Å². The number of imidazole rings is 1. The number of nitrogens with zero attached hydrogens (tertiary/aromatic N) is 2. The molecule has 0 amide bonds. The Morgan fingerprint density at radius 2 is 2.05 bits per heavy atom. The minimum atomic E-state index is -4.28. The van der Waals surface area contributed by atoms with Gasteiger partial charge in [-0.05, 0) is 18.2 Å². The van der Waals surface area contributed by atoms with Crippen LogP contribution in [0.25, 0.3) is 11.0 Å². The van der Waals surface area contributed by atoms with Gasteiger partial charge in [-0.15, -0.1) is 0 Å². The molecule has 0 radical (unpaired) electrons. The van der Waals surface area contributed by atoms with Crippen molar-refractivity contribution in [2.75, 3.05) is 32.0 Å². The molecule has 1 aromatic heterocycles. The maximum Gasteiger partial charge on any atom is 0.401 e. The number of benzene rings is 1. The van der Waals surface area contributed by atoms with Crippen molar-refractivity contribution in [3.05, 3.63) is 24.0 Å². The van der Waals surface area contributed by atoms with E-state index in [4.69, 9.17) is 10.8 Å². The van der Waals surface area contributed by atoms with Crippen LogP contribution in [0.1, 0.15) is 5.82 Å². The fourth-order valence-electron chi connectivity index (χ4n) is 2.13. The van der Waals surface area contributed by atoms with Crippen LogP contribution in [0.5, 0.6) is 0 Å². The van der Waals surface area contributed by atoms with Gasteiger partial charge in [-0.2, -0.15) is 13.2 Å². The van der Waals surface area contributed by atoms with Gasteiger partial charge in [-0.25, -0.2) is 4.98 Å². The number of nitrogens with two attached hydrogens (primary N) is 1. The van der Waals surface area contributed by atoms with Gasteiger partial charge in [0.05, 0.1) is 24.2 Å². The molecule has 0 saturated carbocycles. The van der Waals surface area contributed by atoms with E-state index < -0.39 is 12.7 Å². The quantitative estimate of drug-likeness (QED) is 0.707. The highest BCUT2D eigenvalue weighted by Crippen LogP contribution is 2.18. The van der Waals surface area contributed by atoms with Crippen molar-refractivity contribution in [1.82, 2.24) is 14.9 Å². The number of H-pyrrole nitrogens is 1. The SMILES string of the molecule is Nc1ccc2nc(CCN(CCO)CC(F)(F)F)[nH]c2c1. The number of hydrogen-bond donors (Lipinski definition) is 3. The van der Waals surface area contributed by atoms with Gasteiger partial charge in [0.1, 0.15) is 5.82 Å². The van der Waals surface area contributed by atoms with E-state index in [2.05, 4.69) is 9.97 Å². The summed E-state index contributed by atoms with van der Waals surface area (Å²) in [6, 6.07) is 5.20. The second kappa shape index (κ2) is 6.31. The third kappa shape index (κ3) is 4.61. The van der Waals surface area contributed by atoms with E-state index in [0.717, 1.165) is 15.9 Å². The summed E-state index contributed by atoms with van der Waals surface area (Å²) < 4.78 is 37.2. The van der Waals surface area contributed by atoms with Gasteiger partial charge in [-0.3, -0.25) is 4.90 Å². The predicted molar refractivity (Wildman–Crippen MR) is 73.8 cm³/mol. The van der Waals surface area contributed by atoms with E-state index >= 15 is 0 Å². The fraction of sp³-hybridized carbons (Fsp3) is 0.462. The Morgan fingerprint density at radius 1 is 1.29 bits per heavy atom. The Kier molecular flexibility index (Phi) is 4.69. The highest BCUT2D eigenvalue weighted by molar-refractivity contribution is 5.78. The van der Waals surface area contributed by atoms with E-state index in [1.54, 1.807) is 18.2 Å². The zero-order valence-electron chi connectivity index (χ0n) is 11.3. The molecule has 5 nitrogen and oxygen atoms in total. The number of rotatable bonds is 6. The Balaban J connectivity index is 2.01. The number of anilines is 1. The van der Waals surface area contributed by atoms with Gasteiger partial charge in [0.2, 0.25) is 0 Å². The molecular formula is C13H17F3N4O. The lowest BCUT2D eigenvalue weighted by Gasteiger charge is -2.22. The number of nitrogen functional groups attached to an aromatic ring is 1. The van der Waals surface area contributed by atoms with Crippen LogP contribution in [0.15, 0.2) is 18.2 Å². The molecule has 8 heteroatoms. The molecule has 0 aliphatic rings. The maximum atomic E-state index is 12.4. The molecular weight excluding hydrogens is 285 g/mol. The molecule has 4 N–H and O–H groups in total. The number of nitrogens with one attached hydrogen (secondary N) is 1. The maximum absolute atomic E-state index is 12.4. The van der Waals surface area contributed by atoms with E-state index in [1.165, 1.54) is 0 Å². The predicted octanol–water partition coefficient (Wildman–Crippen LogP) is 1.54. The molecule has 1 heterocycles. The van der Waals surface area contributed by atoms with Crippen molar-refractivity contribution < 1.29 is 18.3 Å². The Bertz CT molecular complexity index is 597. The molecule has 0 spiro atoms. The van der Waals surface area contributed by atoms with Crippen LogP contribution in [0, 0.1) is 0 Å². The topological polar surface area (TPSA) is 78.2 Å². The third-order valence-corrected chi connectivity index (χ3v) is 3.04. The van der Waals surface area contributed by atoms with E-state index in [-0.39, 0.29) is 19.7 Å². The van der Waals surface area contributed by atoms with Crippen molar-refractivity contribution in [3.63, 3.8) is 0 Å². The van der Waals surface area contributed by atoms with Crippen LogP contribution < -0.4 is 5.73 Å². The van der Waals surface area contributed by atoms with Crippen LogP contribution in [-0.2, 0) is 6.42 Å². The molecule has 0 aliphatic carbocycles. The summed E-state index contributed by atoms with van der Waals surface area (Å²) in [5, 5.41) is 8.83. The summed E-state index contributed by atoms with van der Waals surface area (Å²) in [7, 11) is 0. The van der Waals surface area contributed by atoms with Gasteiger partial charge in [0, 0.05) is 25.2 Å². The molecule has 2 aromatic rings. The molecule has 2 rings (SSSR count). The first-order chi connectivity index (χ1) is 9.87. The second-order valence-corrected chi connectivity index (χ2v) is 4.83. The van der Waals surface area contributed by atoms with Crippen molar-refractivity contribution in [3.8, 4) is 0 Å². The van der Waals surface area contributed by atoms with Crippen molar-refractivity contribution in [2.45, 2.75) is 12.6 Å². The molecule has 0 fully saturated rings. The lowest BCUT2D eigenvalue weighted by Crippen LogP contribution is -2.37. The molecule has 0 aliphatic heterocycles. The van der Waals surface area contributed by atoms with Gasteiger partial charge in [-0.1, -0.05) is 0 Å².